The van der Waals surface area contributed by atoms with Crippen LogP contribution in [0.3, 0.4) is 0 Å². The lowest BCUT2D eigenvalue weighted by molar-refractivity contribution is 0.0384. The van der Waals surface area contributed by atoms with E-state index in [0.29, 0.717) is 12.2 Å². The molecule has 0 bridgehead atoms. The Bertz CT molecular complexity index is 420. The molecular weight excluding hydrogens is 238 g/mol. The van der Waals surface area contributed by atoms with Gasteiger partial charge in [0.05, 0.1) is 12.6 Å². The van der Waals surface area contributed by atoms with E-state index in [-0.39, 0.29) is 11.5 Å². The Labute approximate surface area is 105 Å². The molecule has 1 saturated heterocycles. The molecule has 1 fully saturated rings. The van der Waals surface area contributed by atoms with E-state index in [1.54, 1.807) is 12.1 Å². The fourth-order valence-corrected chi connectivity index (χ4v) is 2.41. The Morgan fingerprint density at radius 1 is 1.39 bits per heavy atom. The van der Waals surface area contributed by atoms with Gasteiger partial charge in [0.25, 0.3) is 0 Å². The molecule has 1 heterocycles. The van der Waals surface area contributed by atoms with Gasteiger partial charge in [-0.25, -0.2) is 8.78 Å². The van der Waals surface area contributed by atoms with Crippen molar-refractivity contribution in [2.75, 3.05) is 13.2 Å². The van der Waals surface area contributed by atoms with Crippen molar-refractivity contribution in [2.24, 2.45) is 11.8 Å². The summed E-state index contributed by atoms with van der Waals surface area (Å²) in [5.41, 5.74) is 3.16. The number of hydrogen-bond acceptors (Lipinski definition) is 3. The fourth-order valence-electron chi connectivity index (χ4n) is 2.41. The van der Waals surface area contributed by atoms with Crippen LogP contribution in [0.1, 0.15) is 30.0 Å². The van der Waals surface area contributed by atoms with Gasteiger partial charge in [0.15, 0.2) is 11.6 Å². The molecule has 0 radical (unpaired) electrons. The summed E-state index contributed by atoms with van der Waals surface area (Å²) < 4.78 is 32.9. The van der Waals surface area contributed by atoms with Gasteiger partial charge >= 0.3 is 0 Å². The average Bonchev–Trinajstić information content (AvgIpc) is 2.41. The molecule has 2 unspecified atom stereocenters. The maximum atomic E-state index is 13.9. The molecule has 0 aliphatic carbocycles. The number of nitrogens with one attached hydrogen (secondary N) is 1. The third kappa shape index (κ3) is 2.53. The van der Waals surface area contributed by atoms with Gasteiger partial charge in [-0.05, 0) is 25.3 Å². The molecule has 3 nitrogen and oxygen atoms in total. The van der Waals surface area contributed by atoms with E-state index in [1.165, 1.54) is 6.92 Å². The van der Waals surface area contributed by atoms with E-state index in [9.17, 15) is 8.78 Å². The molecular formula is C13H18F2N2O. The zero-order chi connectivity index (χ0) is 13.1. The fraction of sp³-hybridized carbons (Fsp3) is 0.538. The summed E-state index contributed by atoms with van der Waals surface area (Å²) in [5.74, 6) is 3.95. The number of aryl methyl sites for hydroxylation is 1. The van der Waals surface area contributed by atoms with Crippen LogP contribution in [-0.2, 0) is 4.74 Å². The largest absolute Gasteiger partial charge is 0.381 e. The highest BCUT2D eigenvalue weighted by molar-refractivity contribution is 5.28. The molecule has 0 aromatic heterocycles. The van der Waals surface area contributed by atoms with Gasteiger partial charge < -0.3 is 4.74 Å². The van der Waals surface area contributed by atoms with E-state index in [1.807, 2.05) is 0 Å². The van der Waals surface area contributed by atoms with Crippen LogP contribution in [0, 0.1) is 24.5 Å². The first kappa shape index (κ1) is 13.4. The van der Waals surface area contributed by atoms with Crippen LogP contribution in [0.15, 0.2) is 12.1 Å². The third-order valence-electron chi connectivity index (χ3n) is 3.49. The number of rotatable bonds is 3. The molecule has 1 aromatic carbocycles. The predicted octanol–water partition coefficient (Wildman–Crippen LogP) is 2.20. The normalized spacial score (nSPS) is 21.9. The Morgan fingerprint density at radius 3 is 2.78 bits per heavy atom. The minimum atomic E-state index is -0.816. The number of ether oxygens (including phenoxy) is 1. The minimum Gasteiger partial charge on any atom is -0.381 e. The Balaban J connectivity index is 2.29. The van der Waals surface area contributed by atoms with E-state index in [0.717, 1.165) is 19.4 Å². The lowest BCUT2D eigenvalue weighted by Crippen LogP contribution is -2.37. The van der Waals surface area contributed by atoms with Gasteiger partial charge in [-0.15, -0.1) is 0 Å². The summed E-state index contributed by atoms with van der Waals surface area (Å²) in [6, 6.07) is 2.75. The van der Waals surface area contributed by atoms with Crippen molar-refractivity contribution in [3.05, 3.63) is 34.9 Å². The zero-order valence-electron chi connectivity index (χ0n) is 10.4. The van der Waals surface area contributed by atoms with Gasteiger partial charge in [0.2, 0.25) is 0 Å². The van der Waals surface area contributed by atoms with Gasteiger partial charge in [0.1, 0.15) is 0 Å². The molecule has 2 rings (SSSR count). The van der Waals surface area contributed by atoms with E-state index in [4.69, 9.17) is 10.6 Å². The standard InChI is InChI=1S/C13H18F2N2O/c1-8-4-5-10(12(15)11(8)14)13(17-16)9-3-2-6-18-7-9/h4-5,9,13,17H,2-3,6-7,16H2,1H3. The number of hydrogen-bond donors (Lipinski definition) is 2. The summed E-state index contributed by atoms with van der Waals surface area (Å²) >= 11 is 0. The highest BCUT2D eigenvalue weighted by Crippen LogP contribution is 2.31. The molecule has 5 heteroatoms. The molecule has 2 atom stereocenters. The second-order valence-electron chi connectivity index (χ2n) is 4.72. The van der Waals surface area contributed by atoms with E-state index >= 15 is 0 Å². The monoisotopic (exact) mass is 256 g/mol. The Kier molecular flexibility index (Phi) is 4.27. The van der Waals surface area contributed by atoms with Gasteiger partial charge in [0, 0.05) is 18.1 Å². The molecule has 1 aromatic rings. The lowest BCUT2D eigenvalue weighted by atomic mass is 9.88. The lowest BCUT2D eigenvalue weighted by Gasteiger charge is -2.30. The highest BCUT2D eigenvalue weighted by Gasteiger charge is 2.28. The second-order valence-corrected chi connectivity index (χ2v) is 4.72. The van der Waals surface area contributed by atoms with E-state index in [2.05, 4.69) is 5.43 Å². The molecule has 0 spiro atoms. The quantitative estimate of drug-likeness (QED) is 0.644. The first-order valence-corrected chi connectivity index (χ1v) is 6.13. The smallest absolute Gasteiger partial charge is 0.163 e. The van der Waals surface area contributed by atoms with Crippen LogP contribution in [0.2, 0.25) is 0 Å². The Morgan fingerprint density at radius 2 is 2.17 bits per heavy atom. The summed E-state index contributed by atoms with van der Waals surface area (Å²) in [7, 11) is 0. The number of benzene rings is 1. The average molecular weight is 256 g/mol. The number of halogens is 2. The van der Waals surface area contributed by atoms with Crippen LogP contribution >= 0.6 is 0 Å². The summed E-state index contributed by atoms with van der Waals surface area (Å²) in [4.78, 5) is 0. The molecule has 0 amide bonds. The second kappa shape index (κ2) is 5.73. The SMILES string of the molecule is Cc1ccc(C(NN)C2CCCOC2)c(F)c1F. The maximum absolute atomic E-state index is 13.9. The summed E-state index contributed by atoms with van der Waals surface area (Å²) in [5, 5.41) is 0. The van der Waals surface area contributed by atoms with Crippen LogP contribution in [-0.4, -0.2) is 13.2 Å². The molecule has 0 saturated carbocycles. The van der Waals surface area contributed by atoms with E-state index < -0.39 is 17.7 Å². The van der Waals surface area contributed by atoms with Gasteiger partial charge in [-0.1, -0.05) is 12.1 Å². The third-order valence-corrected chi connectivity index (χ3v) is 3.49. The minimum absolute atomic E-state index is 0.0698. The van der Waals surface area contributed by atoms with Crippen LogP contribution in [0.4, 0.5) is 8.78 Å². The Hall–Kier alpha value is -1.04. The van der Waals surface area contributed by atoms with Crippen molar-refractivity contribution < 1.29 is 13.5 Å². The topological polar surface area (TPSA) is 47.3 Å². The highest BCUT2D eigenvalue weighted by atomic mass is 19.2. The van der Waals surface area contributed by atoms with Crippen LogP contribution in [0.5, 0.6) is 0 Å². The zero-order valence-corrected chi connectivity index (χ0v) is 10.4. The van der Waals surface area contributed by atoms with Gasteiger partial charge in [-0.3, -0.25) is 11.3 Å². The van der Waals surface area contributed by atoms with Crippen molar-refractivity contribution >= 4 is 0 Å². The van der Waals surface area contributed by atoms with Crippen molar-refractivity contribution in [1.82, 2.24) is 5.43 Å². The molecule has 1 aliphatic rings. The summed E-state index contributed by atoms with van der Waals surface area (Å²) in [6.07, 6.45) is 1.81. The summed E-state index contributed by atoms with van der Waals surface area (Å²) in [6.45, 7) is 2.78. The first-order chi connectivity index (χ1) is 8.65. The maximum Gasteiger partial charge on any atom is 0.163 e. The van der Waals surface area contributed by atoms with Crippen molar-refractivity contribution in [2.45, 2.75) is 25.8 Å². The predicted molar refractivity (Wildman–Crippen MR) is 64.7 cm³/mol. The molecule has 1 aliphatic heterocycles. The molecule has 3 N–H and O–H groups in total. The van der Waals surface area contributed by atoms with Crippen LogP contribution < -0.4 is 11.3 Å². The first-order valence-electron chi connectivity index (χ1n) is 6.13. The molecule has 18 heavy (non-hydrogen) atoms. The van der Waals surface area contributed by atoms with Crippen LogP contribution in [0.25, 0.3) is 0 Å². The number of hydrazine groups is 1. The number of nitrogens with two attached hydrogens (primary N) is 1. The van der Waals surface area contributed by atoms with Crippen molar-refractivity contribution in [3.63, 3.8) is 0 Å². The van der Waals surface area contributed by atoms with Crippen molar-refractivity contribution in [1.29, 1.82) is 0 Å². The van der Waals surface area contributed by atoms with Gasteiger partial charge in [-0.2, -0.15) is 0 Å². The molecule has 100 valence electrons. The van der Waals surface area contributed by atoms with Crippen molar-refractivity contribution in [3.8, 4) is 0 Å².